The summed E-state index contributed by atoms with van der Waals surface area (Å²) < 4.78 is 15.5. The van der Waals surface area contributed by atoms with E-state index in [0.717, 1.165) is 5.69 Å². The number of carbonyl (C=O) groups is 1. The van der Waals surface area contributed by atoms with Gasteiger partial charge in [-0.3, -0.25) is 4.79 Å². The molecular formula is C18H19NO4. The van der Waals surface area contributed by atoms with Crippen molar-refractivity contribution < 1.29 is 19.0 Å². The number of hydrogen-bond donors (Lipinski definition) is 1. The number of nitrogens with one attached hydrogen (secondary N) is 1. The maximum Gasteiger partial charge on any atom is 0.187 e. The van der Waals surface area contributed by atoms with Gasteiger partial charge in [-0.2, -0.15) is 0 Å². The van der Waals surface area contributed by atoms with Crippen LogP contribution >= 0.6 is 0 Å². The van der Waals surface area contributed by atoms with E-state index in [1.54, 1.807) is 57.9 Å². The zero-order valence-electron chi connectivity index (χ0n) is 13.3. The van der Waals surface area contributed by atoms with Crippen molar-refractivity contribution in [1.29, 1.82) is 0 Å². The van der Waals surface area contributed by atoms with Crippen molar-refractivity contribution in [2.45, 2.75) is 0 Å². The summed E-state index contributed by atoms with van der Waals surface area (Å²) >= 11 is 0. The van der Waals surface area contributed by atoms with Crippen LogP contribution in [0.25, 0.3) is 0 Å². The average Bonchev–Trinajstić information content (AvgIpc) is 2.61. The second kappa shape index (κ2) is 7.89. The lowest BCUT2D eigenvalue weighted by Crippen LogP contribution is -1.98. The molecule has 0 aliphatic rings. The van der Waals surface area contributed by atoms with Crippen molar-refractivity contribution in [2.75, 3.05) is 26.6 Å². The first-order valence-corrected chi connectivity index (χ1v) is 7.01. The standard InChI is InChI=1S/C18H19NO4/c1-21-14-6-4-13(5-7-14)17(20)10-11-19-16-9-8-15(22-2)12-18(16)23-3/h4-12,19H,1-3H3/b11-10+. The number of rotatable bonds is 7. The van der Waals surface area contributed by atoms with E-state index in [9.17, 15) is 4.79 Å². The molecule has 0 heterocycles. The SMILES string of the molecule is COc1ccc(C(=O)/C=C/Nc2ccc(OC)cc2OC)cc1. The first-order chi connectivity index (χ1) is 11.2. The molecule has 0 bridgehead atoms. The monoisotopic (exact) mass is 313 g/mol. The molecule has 2 aromatic carbocycles. The van der Waals surface area contributed by atoms with Gasteiger partial charge in [0.15, 0.2) is 5.78 Å². The lowest BCUT2D eigenvalue weighted by Gasteiger charge is -2.09. The molecule has 0 aliphatic heterocycles. The Morgan fingerprint density at radius 3 is 2.17 bits per heavy atom. The van der Waals surface area contributed by atoms with Crippen LogP contribution in [0.3, 0.4) is 0 Å². The molecule has 0 radical (unpaired) electrons. The zero-order valence-corrected chi connectivity index (χ0v) is 13.3. The van der Waals surface area contributed by atoms with Crippen molar-refractivity contribution in [3.05, 3.63) is 60.3 Å². The van der Waals surface area contributed by atoms with Crippen molar-refractivity contribution in [3.63, 3.8) is 0 Å². The topological polar surface area (TPSA) is 56.8 Å². The van der Waals surface area contributed by atoms with Crippen molar-refractivity contribution in [3.8, 4) is 17.2 Å². The number of hydrogen-bond acceptors (Lipinski definition) is 5. The molecule has 0 fully saturated rings. The smallest absolute Gasteiger partial charge is 0.187 e. The van der Waals surface area contributed by atoms with E-state index >= 15 is 0 Å². The Morgan fingerprint density at radius 2 is 1.57 bits per heavy atom. The Balaban J connectivity index is 2.04. The Bertz CT molecular complexity index is 693. The largest absolute Gasteiger partial charge is 0.497 e. The van der Waals surface area contributed by atoms with Crippen LogP contribution < -0.4 is 19.5 Å². The Morgan fingerprint density at radius 1 is 0.913 bits per heavy atom. The van der Waals surface area contributed by atoms with Gasteiger partial charge < -0.3 is 19.5 Å². The van der Waals surface area contributed by atoms with Crippen molar-refractivity contribution in [2.24, 2.45) is 0 Å². The van der Waals surface area contributed by atoms with Gasteiger partial charge in [-0.25, -0.2) is 0 Å². The molecule has 5 heteroatoms. The Kier molecular flexibility index (Phi) is 5.63. The first kappa shape index (κ1) is 16.4. The Hall–Kier alpha value is -2.95. The highest BCUT2D eigenvalue weighted by Gasteiger charge is 2.04. The molecule has 0 spiro atoms. The van der Waals surface area contributed by atoms with Crippen LogP contribution in [0.15, 0.2) is 54.7 Å². The number of ketones is 1. The lowest BCUT2D eigenvalue weighted by atomic mass is 10.1. The second-order valence-corrected chi connectivity index (χ2v) is 4.64. The minimum absolute atomic E-state index is 0.104. The van der Waals surface area contributed by atoms with E-state index < -0.39 is 0 Å². The number of carbonyl (C=O) groups excluding carboxylic acids is 1. The fourth-order valence-corrected chi connectivity index (χ4v) is 1.98. The molecule has 2 rings (SSSR count). The van der Waals surface area contributed by atoms with Crippen LogP contribution in [-0.4, -0.2) is 27.1 Å². The van der Waals surface area contributed by atoms with E-state index in [0.29, 0.717) is 22.8 Å². The number of methoxy groups -OCH3 is 3. The molecule has 5 nitrogen and oxygen atoms in total. The lowest BCUT2D eigenvalue weighted by molar-refractivity contribution is 0.104. The minimum Gasteiger partial charge on any atom is -0.497 e. The molecule has 0 aromatic heterocycles. The molecule has 0 saturated carbocycles. The van der Waals surface area contributed by atoms with E-state index in [-0.39, 0.29) is 5.78 Å². The molecule has 0 atom stereocenters. The normalized spacial score (nSPS) is 10.4. The third-order valence-electron chi connectivity index (χ3n) is 3.26. The average molecular weight is 313 g/mol. The van der Waals surface area contributed by atoms with E-state index in [1.165, 1.54) is 6.08 Å². The summed E-state index contributed by atoms with van der Waals surface area (Å²) in [5.41, 5.74) is 1.33. The van der Waals surface area contributed by atoms with Crippen LogP contribution in [0.1, 0.15) is 10.4 Å². The summed E-state index contributed by atoms with van der Waals surface area (Å²) in [5, 5.41) is 3.03. The predicted molar refractivity (Wildman–Crippen MR) is 89.6 cm³/mol. The minimum atomic E-state index is -0.104. The highest BCUT2D eigenvalue weighted by molar-refractivity contribution is 6.04. The molecule has 0 saturated heterocycles. The molecule has 0 amide bonds. The van der Waals surface area contributed by atoms with Gasteiger partial charge in [0, 0.05) is 23.9 Å². The van der Waals surface area contributed by atoms with Gasteiger partial charge in [0.05, 0.1) is 27.0 Å². The molecule has 2 aromatic rings. The third kappa shape index (κ3) is 4.26. The van der Waals surface area contributed by atoms with Gasteiger partial charge in [-0.1, -0.05) is 0 Å². The molecule has 0 unspecified atom stereocenters. The molecule has 0 aliphatic carbocycles. The number of benzene rings is 2. The van der Waals surface area contributed by atoms with E-state index in [2.05, 4.69) is 5.32 Å². The summed E-state index contributed by atoms with van der Waals surface area (Å²) in [6.45, 7) is 0. The van der Waals surface area contributed by atoms with E-state index in [4.69, 9.17) is 14.2 Å². The summed E-state index contributed by atoms with van der Waals surface area (Å²) in [6, 6.07) is 12.3. The first-order valence-electron chi connectivity index (χ1n) is 7.01. The van der Waals surface area contributed by atoms with Gasteiger partial charge in [0.25, 0.3) is 0 Å². The van der Waals surface area contributed by atoms with Crippen molar-refractivity contribution >= 4 is 11.5 Å². The summed E-state index contributed by atoms with van der Waals surface area (Å²) in [4.78, 5) is 12.1. The third-order valence-corrected chi connectivity index (χ3v) is 3.26. The van der Waals surface area contributed by atoms with Crippen LogP contribution in [0.5, 0.6) is 17.2 Å². The molecule has 120 valence electrons. The number of anilines is 1. The highest BCUT2D eigenvalue weighted by atomic mass is 16.5. The van der Waals surface area contributed by atoms with Gasteiger partial charge in [0.1, 0.15) is 17.2 Å². The second-order valence-electron chi connectivity index (χ2n) is 4.64. The fraction of sp³-hybridized carbons (Fsp3) is 0.167. The van der Waals surface area contributed by atoms with Crippen LogP contribution in [0, 0.1) is 0 Å². The quantitative estimate of drug-likeness (QED) is 0.626. The van der Waals surface area contributed by atoms with Crippen LogP contribution in [-0.2, 0) is 0 Å². The number of allylic oxidation sites excluding steroid dienone is 1. The van der Waals surface area contributed by atoms with Crippen LogP contribution in [0.4, 0.5) is 5.69 Å². The zero-order chi connectivity index (χ0) is 16.7. The van der Waals surface area contributed by atoms with Gasteiger partial charge in [-0.05, 0) is 36.4 Å². The Labute approximate surface area is 135 Å². The summed E-state index contributed by atoms with van der Waals surface area (Å²) in [6.07, 6.45) is 3.04. The van der Waals surface area contributed by atoms with Gasteiger partial charge >= 0.3 is 0 Å². The van der Waals surface area contributed by atoms with Crippen molar-refractivity contribution in [1.82, 2.24) is 0 Å². The fourth-order valence-electron chi connectivity index (χ4n) is 1.98. The van der Waals surface area contributed by atoms with E-state index in [1.807, 2.05) is 12.1 Å². The predicted octanol–water partition coefficient (Wildman–Crippen LogP) is 3.52. The maximum absolute atomic E-state index is 12.1. The van der Waals surface area contributed by atoms with Crippen LogP contribution in [0.2, 0.25) is 0 Å². The van der Waals surface area contributed by atoms with Gasteiger partial charge in [-0.15, -0.1) is 0 Å². The highest BCUT2D eigenvalue weighted by Crippen LogP contribution is 2.28. The summed E-state index contributed by atoms with van der Waals surface area (Å²) in [5.74, 6) is 1.94. The maximum atomic E-state index is 12.1. The van der Waals surface area contributed by atoms with Gasteiger partial charge in [0.2, 0.25) is 0 Å². The molecule has 1 N–H and O–H groups in total. The molecule has 23 heavy (non-hydrogen) atoms. The number of ether oxygens (including phenoxy) is 3. The molecular weight excluding hydrogens is 294 g/mol. The summed E-state index contributed by atoms with van der Waals surface area (Å²) in [7, 11) is 4.75.